The van der Waals surface area contributed by atoms with Crippen molar-refractivity contribution in [3.05, 3.63) is 94.5 Å². The Hall–Kier alpha value is -4.30. The molecular weight excluding hydrogens is 480 g/mol. The molecule has 1 spiro atoms. The Morgan fingerprint density at radius 1 is 0.921 bits per heavy atom. The minimum atomic E-state index is -1.13. The summed E-state index contributed by atoms with van der Waals surface area (Å²) in [6.07, 6.45) is 0. The van der Waals surface area contributed by atoms with Crippen molar-refractivity contribution in [2.24, 2.45) is 17.8 Å². The van der Waals surface area contributed by atoms with E-state index in [4.69, 9.17) is 9.72 Å². The first-order valence-electron chi connectivity index (χ1n) is 12.8. The van der Waals surface area contributed by atoms with Gasteiger partial charge in [-0.15, -0.1) is 0 Å². The largest absolute Gasteiger partial charge is 0.497 e. The number of nitrogens with one attached hydrogen (secondary N) is 1. The highest BCUT2D eigenvalue weighted by atomic mass is 16.5. The standard InChI is InChI=1S/C30H26N4O4/c1-16(2)25-23-24(28(37)33(27(23)36)17-12-14-18(38-3)15-13-17)30(32-25)20-9-5-7-11-22(20)34-26(35)19-8-4-6-10-21(19)31-29(30)34/h4-16,23-25,32H,1-3H3/t23-,24-,25-,30-/m1/s1. The SMILES string of the molecule is COc1ccc(N2C(=O)[C@H]3[C@@H](C(C)C)N[C@]4(c5ccccc5-n5c4nc4ccccc4c5=O)[C@H]3C2=O)cc1. The summed E-state index contributed by atoms with van der Waals surface area (Å²) in [5.41, 5.74) is 1.22. The zero-order chi connectivity index (χ0) is 26.3. The zero-order valence-electron chi connectivity index (χ0n) is 21.2. The molecule has 3 aromatic carbocycles. The van der Waals surface area contributed by atoms with Gasteiger partial charge < -0.3 is 4.74 Å². The summed E-state index contributed by atoms with van der Waals surface area (Å²) in [5, 5.41) is 4.22. The van der Waals surface area contributed by atoms with Crippen LogP contribution in [-0.4, -0.2) is 34.5 Å². The second-order valence-corrected chi connectivity index (χ2v) is 10.5. The number of benzene rings is 3. The number of imide groups is 1. The molecule has 2 fully saturated rings. The lowest BCUT2D eigenvalue weighted by Crippen LogP contribution is -2.51. The average molecular weight is 507 g/mol. The van der Waals surface area contributed by atoms with Crippen molar-refractivity contribution in [2.75, 3.05) is 12.0 Å². The second kappa shape index (κ2) is 7.85. The van der Waals surface area contributed by atoms with E-state index in [1.54, 1.807) is 42.0 Å². The number of para-hydroxylation sites is 2. The maximum atomic E-state index is 14.4. The van der Waals surface area contributed by atoms with Gasteiger partial charge in [0.25, 0.3) is 5.56 Å². The van der Waals surface area contributed by atoms with Gasteiger partial charge in [0.15, 0.2) is 0 Å². The Balaban J connectivity index is 1.51. The van der Waals surface area contributed by atoms with Crippen LogP contribution in [-0.2, 0) is 15.1 Å². The lowest BCUT2D eigenvalue weighted by atomic mass is 9.75. The molecule has 1 N–H and O–H groups in total. The first kappa shape index (κ1) is 22.9. The molecule has 0 unspecified atom stereocenters. The summed E-state index contributed by atoms with van der Waals surface area (Å²) in [4.78, 5) is 48.6. The Morgan fingerprint density at radius 3 is 2.37 bits per heavy atom. The summed E-state index contributed by atoms with van der Waals surface area (Å²) in [7, 11) is 1.57. The summed E-state index contributed by atoms with van der Waals surface area (Å²) in [5.74, 6) is -0.791. The van der Waals surface area contributed by atoms with E-state index in [0.29, 0.717) is 33.9 Å². The van der Waals surface area contributed by atoms with E-state index in [0.717, 1.165) is 5.56 Å². The predicted molar refractivity (Wildman–Crippen MR) is 142 cm³/mol. The summed E-state index contributed by atoms with van der Waals surface area (Å²) >= 11 is 0. The smallest absolute Gasteiger partial charge is 0.266 e. The molecule has 2 amide bonds. The summed E-state index contributed by atoms with van der Waals surface area (Å²) < 4.78 is 6.89. The average Bonchev–Trinajstić information content (AvgIpc) is 3.53. The summed E-state index contributed by atoms with van der Waals surface area (Å²) in [6.45, 7) is 4.09. The van der Waals surface area contributed by atoms with Crippen LogP contribution in [0.5, 0.6) is 5.75 Å². The lowest BCUT2D eigenvalue weighted by Gasteiger charge is -2.32. The van der Waals surface area contributed by atoms with Crippen molar-refractivity contribution >= 4 is 28.4 Å². The van der Waals surface area contributed by atoms with Crippen molar-refractivity contribution < 1.29 is 14.3 Å². The van der Waals surface area contributed by atoms with E-state index in [2.05, 4.69) is 5.32 Å². The van der Waals surface area contributed by atoms with Crippen molar-refractivity contribution in [2.45, 2.75) is 25.4 Å². The monoisotopic (exact) mass is 506 g/mol. The van der Waals surface area contributed by atoms with Crippen molar-refractivity contribution in [3.63, 3.8) is 0 Å². The number of fused-ring (bicyclic) bond motifs is 8. The molecule has 0 aliphatic carbocycles. The van der Waals surface area contributed by atoms with Gasteiger partial charge >= 0.3 is 0 Å². The third-order valence-corrected chi connectivity index (χ3v) is 8.35. The Bertz CT molecular complexity index is 1710. The van der Waals surface area contributed by atoms with Gasteiger partial charge in [0.1, 0.15) is 17.1 Å². The van der Waals surface area contributed by atoms with E-state index in [-0.39, 0.29) is 29.3 Å². The predicted octanol–water partition coefficient (Wildman–Crippen LogP) is 3.38. The van der Waals surface area contributed by atoms with Gasteiger partial charge in [-0.25, -0.2) is 9.88 Å². The highest BCUT2D eigenvalue weighted by Crippen LogP contribution is 2.56. The fourth-order valence-electron chi connectivity index (χ4n) is 6.71. The number of rotatable bonds is 3. The number of carbonyl (C=O) groups excluding carboxylic acids is 2. The van der Waals surface area contributed by atoms with Gasteiger partial charge in [-0.2, -0.15) is 0 Å². The van der Waals surface area contributed by atoms with Gasteiger partial charge in [-0.05, 0) is 48.4 Å². The van der Waals surface area contributed by atoms with Crippen LogP contribution < -0.4 is 20.5 Å². The molecule has 190 valence electrons. The van der Waals surface area contributed by atoms with Gasteiger partial charge in [0.2, 0.25) is 11.8 Å². The molecule has 0 radical (unpaired) electrons. The minimum Gasteiger partial charge on any atom is -0.497 e. The maximum Gasteiger partial charge on any atom is 0.266 e. The fraction of sp³-hybridized carbons (Fsp3) is 0.267. The van der Waals surface area contributed by atoms with Gasteiger partial charge in [-0.1, -0.05) is 44.2 Å². The first-order valence-corrected chi connectivity index (χ1v) is 12.8. The van der Waals surface area contributed by atoms with Crippen LogP contribution in [0, 0.1) is 17.8 Å². The molecule has 0 bridgehead atoms. The minimum absolute atomic E-state index is 0.0443. The number of hydrogen-bond donors (Lipinski definition) is 1. The third kappa shape index (κ3) is 2.73. The number of nitrogens with zero attached hydrogens (tertiary/aromatic N) is 3. The third-order valence-electron chi connectivity index (χ3n) is 8.35. The van der Waals surface area contributed by atoms with Crippen LogP contribution in [0.2, 0.25) is 0 Å². The quantitative estimate of drug-likeness (QED) is 0.428. The van der Waals surface area contributed by atoms with Crippen LogP contribution in [0.25, 0.3) is 16.6 Å². The molecule has 4 heterocycles. The van der Waals surface area contributed by atoms with E-state index in [1.165, 1.54) is 4.90 Å². The second-order valence-electron chi connectivity index (χ2n) is 10.5. The highest BCUT2D eigenvalue weighted by Gasteiger charge is 2.70. The molecule has 3 aliphatic rings. The van der Waals surface area contributed by atoms with Crippen LogP contribution in [0.3, 0.4) is 0 Å². The topological polar surface area (TPSA) is 93.5 Å². The first-order chi connectivity index (χ1) is 18.4. The van der Waals surface area contributed by atoms with E-state index in [9.17, 15) is 14.4 Å². The molecule has 38 heavy (non-hydrogen) atoms. The number of carbonyl (C=O) groups is 2. The van der Waals surface area contributed by atoms with E-state index >= 15 is 0 Å². The van der Waals surface area contributed by atoms with Crippen molar-refractivity contribution in [1.29, 1.82) is 0 Å². The van der Waals surface area contributed by atoms with Crippen LogP contribution in [0.1, 0.15) is 25.2 Å². The van der Waals surface area contributed by atoms with E-state index < -0.39 is 17.4 Å². The van der Waals surface area contributed by atoms with E-state index in [1.807, 2.05) is 56.3 Å². The molecule has 8 heteroatoms. The Morgan fingerprint density at radius 2 is 1.63 bits per heavy atom. The molecule has 4 atom stereocenters. The number of aromatic nitrogens is 2. The molecular formula is C30H26N4O4. The number of amides is 2. The van der Waals surface area contributed by atoms with Gasteiger partial charge in [0.05, 0.1) is 41.2 Å². The molecule has 1 aromatic heterocycles. The zero-order valence-corrected chi connectivity index (χ0v) is 21.2. The van der Waals surface area contributed by atoms with Crippen molar-refractivity contribution in [1.82, 2.24) is 14.9 Å². The molecule has 7 rings (SSSR count). The summed E-state index contributed by atoms with van der Waals surface area (Å²) in [6, 6.07) is 21.5. The lowest BCUT2D eigenvalue weighted by molar-refractivity contribution is -0.123. The number of ether oxygens (including phenoxy) is 1. The normalized spacial score (nSPS) is 25.4. The van der Waals surface area contributed by atoms with Gasteiger partial charge in [0, 0.05) is 11.6 Å². The highest BCUT2D eigenvalue weighted by molar-refractivity contribution is 6.23. The molecule has 4 aromatic rings. The molecule has 3 aliphatic heterocycles. The Kier molecular flexibility index (Phi) is 4.72. The number of hydrogen-bond acceptors (Lipinski definition) is 6. The van der Waals surface area contributed by atoms with Gasteiger partial charge in [-0.3, -0.25) is 24.3 Å². The van der Waals surface area contributed by atoms with Crippen molar-refractivity contribution in [3.8, 4) is 11.4 Å². The Labute approximate surface area is 218 Å². The number of methoxy groups -OCH3 is 1. The fourth-order valence-corrected chi connectivity index (χ4v) is 6.71. The van der Waals surface area contributed by atoms with Crippen LogP contribution in [0.15, 0.2) is 77.6 Å². The maximum absolute atomic E-state index is 14.4. The molecule has 0 saturated carbocycles. The van der Waals surface area contributed by atoms with Crippen LogP contribution >= 0.6 is 0 Å². The van der Waals surface area contributed by atoms with Crippen LogP contribution in [0.4, 0.5) is 5.69 Å². The molecule has 8 nitrogen and oxygen atoms in total. The molecule has 2 saturated heterocycles. The number of anilines is 1.